The molecule has 0 spiro atoms. The summed E-state index contributed by atoms with van der Waals surface area (Å²) < 4.78 is 39.4. The number of alkyl halides is 3. The summed E-state index contributed by atoms with van der Waals surface area (Å²) in [7, 11) is 0. The Balaban J connectivity index is 1.98. The number of hydrogen-bond acceptors (Lipinski definition) is 2. The third-order valence-corrected chi connectivity index (χ3v) is 5.30. The minimum absolute atomic E-state index is 0.0339. The first-order valence-electron chi connectivity index (χ1n) is 9.00. The van der Waals surface area contributed by atoms with Crippen LogP contribution < -0.4 is 5.32 Å². The molecule has 27 heavy (non-hydrogen) atoms. The SMILES string of the molecule is CC(C)(C)c1ccc(C(=O)NCC(=O)N2CC[C@@H](C(F)(F)F)C2(C)C)cc1. The molecule has 0 bridgehead atoms. The van der Waals surface area contributed by atoms with E-state index in [9.17, 15) is 22.8 Å². The highest BCUT2D eigenvalue weighted by molar-refractivity contribution is 5.96. The van der Waals surface area contributed by atoms with E-state index in [0.717, 1.165) is 5.56 Å². The Morgan fingerprint density at radius 2 is 1.70 bits per heavy atom. The number of carbonyl (C=O) groups excluding carboxylic acids is 2. The van der Waals surface area contributed by atoms with Crippen LogP contribution in [0.1, 0.15) is 57.0 Å². The molecule has 1 atom stereocenters. The molecular formula is C20H27F3N2O2. The van der Waals surface area contributed by atoms with Gasteiger partial charge in [-0.05, 0) is 43.4 Å². The number of hydrogen-bond donors (Lipinski definition) is 1. The number of carbonyl (C=O) groups is 2. The third kappa shape index (κ3) is 4.62. The summed E-state index contributed by atoms with van der Waals surface area (Å²) in [4.78, 5) is 25.9. The standard InChI is InChI=1S/C20H27F3N2O2/c1-18(2,3)14-8-6-13(7-9-14)17(27)24-12-16(26)25-11-10-15(19(25,4)5)20(21,22)23/h6-9,15H,10-12H2,1-5H3,(H,24,27)/t15-/m1/s1. The van der Waals surface area contributed by atoms with E-state index >= 15 is 0 Å². The van der Waals surface area contributed by atoms with Crippen LogP contribution in [0.5, 0.6) is 0 Å². The van der Waals surface area contributed by atoms with E-state index in [1.807, 2.05) is 12.1 Å². The lowest BCUT2D eigenvalue weighted by Crippen LogP contribution is -2.52. The van der Waals surface area contributed by atoms with Crippen molar-refractivity contribution >= 4 is 11.8 Å². The smallest absolute Gasteiger partial charge is 0.343 e. The summed E-state index contributed by atoms with van der Waals surface area (Å²) in [5, 5.41) is 2.51. The highest BCUT2D eigenvalue weighted by Gasteiger charge is 2.56. The largest absolute Gasteiger partial charge is 0.394 e. The molecule has 1 N–H and O–H groups in total. The molecule has 1 aromatic rings. The van der Waals surface area contributed by atoms with Crippen LogP contribution in [0.3, 0.4) is 0 Å². The fraction of sp³-hybridized carbons (Fsp3) is 0.600. The van der Waals surface area contributed by atoms with Gasteiger partial charge in [0.25, 0.3) is 5.91 Å². The predicted molar refractivity (Wildman–Crippen MR) is 97.4 cm³/mol. The summed E-state index contributed by atoms with van der Waals surface area (Å²) in [6, 6.07) is 7.07. The average Bonchev–Trinajstić information content (AvgIpc) is 2.86. The van der Waals surface area contributed by atoms with E-state index < -0.39 is 29.4 Å². The molecule has 1 saturated heterocycles. The summed E-state index contributed by atoms with van der Waals surface area (Å²) in [5.74, 6) is -2.49. The van der Waals surface area contributed by atoms with Crippen molar-refractivity contribution in [2.75, 3.05) is 13.1 Å². The lowest BCUT2D eigenvalue weighted by molar-refractivity contribution is -0.192. The molecule has 0 aromatic heterocycles. The molecule has 7 heteroatoms. The molecule has 1 fully saturated rings. The van der Waals surface area contributed by atoms with Crippen LogP contribution in [0.4, 0.5) is 13.2 Å². The van der Waals surface area contributed by atoms with Crippen LogP contribution in [0.25, 0.3) is 0 Å². The van der Waals surface area contributed by atoms with E-state index in [-0.39, 0.29) is 24.9 Å². The Kier molecular flexibility index (Phi) is 5.64. The first-order chi connectivity index (χ1) is 12.2. The molecule has 1 heterocycles. The number of likely N-dealkylation sites (tertiary alicyclic amines) is 1. The molecule has 0 radical (unpaired) electrons. The van der Waals surface area contributed by atoms with Gasteiger partial charge in [0.1, 0.15) is 0 Å². The maximum atomic E-state index is 13.1. The lowest BCUT2D eigenvalue weighted by atomic mass is 9.87. The van der Waals surface area contributed by atoms with Gasteiger partial charge in [0.15, 0.2) is 0 Å². The second kappa shape index (κ2) is 7.17. The third-order valence-electron chi connectivity index (χ3n) is 5.30. The number of amides is 2. The van der Waals surface area contributed by atoms with Crippen LogP contribution in [0, 0.1) is 5.92 Å². The van der Waals surface area contributed by atoms with Gasteiger partial charge in [-0.25, -0.2) is 0 Å². The topological polar surface area (TPSA) is 49.4 Å². The van der Waals surface area contributed by atoms with Crippen molar-refractivity contribution in [3.05, 3.63) is 35.4 Å². The molecule has 0 unspecified atom stereocenters. The van der Waals surface area contributed by atoms with Crippen molar-refractivity contribution < 1.29 is 22.8 Å². The lowest BCUT2D eigenvalue weighted by Gasteiger charge is -2.36. The van der Waals surface area contributed by atoms with Gasteiger partial charge in [-0.3, -0.25) is 9.59 Å². The molecule has 2 rings (SSSR count). The van der Waals surface area contributed by atoms with Gasteiger partial charge >= 0.3 is 6.18 Å². The first kappa shape index (κ1) is 21.3. The van der Waals surface area contributed by atoms with Crippen molar-refractivity contribution in [3.63, 3.8) is 0 Å². The zero-order valence-corrected chi connectivity index (χ0v) is 16.4. The molecule has 1 aliphatic heterocycles. The Labute approximate surface area is 158 Å². The minimum atomic E-state index is -4.35. The van der Waals surface area contributed by atoms with Gasteiger partial charge in [-0.1, -0.05) is 32.9 Å². The number of halogens is 3. The van der Waals surface area contributed by atoms with Gasteiger partial charge in [-0.2, -0.15) is 13.2 Å². The maximum absolute atomic E-state index is 13.1. The average molecular weight is 384 g/mol. The van der Waals surface area contributed by atoms with Crippen molar-refractivity contribution in [1.29, 1.82) is 0 Å². The van der Waals surface area contributed by atoms with Crippen molar-refractivity contribution in [3.8, 4) is 0 Å². The zero-order chi connectivity index (χ0) is 20.6. The van der Waals surface area contributed by atoms with E-state index in [1.165, 1.54) is 18.7 Å². The number of benzene rings is 1. The van der Waals surface area contributed by atoms with Gasteiger partial charge in [0.05, 0.1) is 12.5 Å². The fourth-order valence-corrected chi connectivity index (χ4v) is 3.57. The number of nitrogens with one attached hydrogen (secondary N) is 1. The number of nitrogens with zero attached hydrogens (tertiary/aromatic N) is 1. The molecule has 150 valence electrons. The van der Waals surface area contributed by atoms with Crippen molar-refractivity contribution in [2.24, 2.45) is 5.92 Å². The maximum Gasteiger partial charge on any atom is 0.394 e. The van der Waals surface area contributed by atoms with E-state index in [2.05, 4.69) is 26.1 Å². The summed E-state index contributed by atoms with van der Waals surface area (Å²) in [6.45, 7) is 8.73. The van der Waals surface area contributed by atoms with Gasteiger partial charge in [0, 0.05) is 17.6 Å². The Morgan fingerprint density at radius 1 is 1.15 bits per heavy atom. The quantitative estimate of drug-likeness (QED) is 0.859. The monoisotopic (exact) mass is 384 g/mol. The van der Waals surface area contributed by atoms with E-state index in [4.69, 9.17) is 0 Å². The Bertz CT molecular complexity index is 703. The van der Waals surface area contributed by atoms with Crippen LogP contribution >= 0.6 is 0 Å². The molecule has 0 saturated carbocycles. The highest BCUT2D eigenvalue weighted by Crippen LogP contribution is 2.44. The van der Waals surface area contributed by atoms with Crippen molar-refractivity contribution in [1.82, 2.24) is 10.2 Å². The van der Waals surface area contributed by atoms with Gasteiger partial charge in [-0.15, -0.1) is 0 Å². The second-order valence-electron chi connectivity index (χ2n) is 8.59. The Hall–Kier alpha value is -2.05. The predicted octanol–water partition coefficient (Wildman–Crippen LogP) is 3.90. The normalized spacial score (nSPS) is 19.9. The summed E-state index contributed by atoms with van der Waals surface area (Å²) >= 11 is 0. The molecular weight excluding hydrogens is 357 g/mol. The fourth-order valence-electron chi connectivity index (χ4n) is 3.57. The molecule has 4 nitrogen and oxygen atoms in total. The van der Waals surface area contributed by atoms with E-state index in [1.54, 1.807) is 12.1 Å². The Morgan fingerprint density at radius 3 is 2.15 bits per heavy atom. The van der Waals surface area contributed by atoms with Crippen LogP contribution in [0.2, 0.25) is 0 Å². The van der Waals surface area contributed by atoms with Crippen LogP contribution in [-0.4, -0.2) is 41.5 Å². The minimum Gasteiger partial charge on any atom is -0.343 e. The van der Waals surface area contributed by atoms with Gasteiger partial charge < -0.3 is 10.2 Å². The van der Waals surface area contributed by atoms with E-state index in [0.29, 0.717) is 5.56 Å². The molecule has 0 aliphatic carbocycles. The highest BCUT2D eigenvalue weighted by atomic mass is 19.4. The molecule has 1 aromatic carbocycles. The molecule has 1 aliphatic rings. The number of rotatable bonds is 3. The van der Waals surface area contributed by atoms with Crippen molar-refractivity contribution in [2.45, 2.75) is 58.2 Å². The van der Waals surface area contributed by atoms with Crippen LogP contribution in [0.15, 0.2) is 24.3 Å². The molecule has 2 amide bonds. The van der Waals surface area contributed by atoms with Crippen LogP contribution in [-0.2, 0) is 10.2 Å². The first-order valence-corrected chi connectivity index (χ1v) is 9.00. The summed E-state index contributed by atoms with van der Waals surface area (Å²) in [5.41, 5.74) is 0.118. The van der Waals surface area contributed by atoms with Gasteiger partial charge in [0.2, 0.25) is 5.91 Å². The summed E-state index contributed by atoms with van der Waals surface area (Å²) in [6.07, 6.45) is -4.47. The zero-order valence-electron chi connectivity index (χ0n) is 16.4. The second-order valence-corrected chi connectivity index (χ2v) is 8.59.